The largest absolute Gasteiger partial charge is 0.303 e. The fraction of sp³-hybridized carbons (Fsp3) is 0.533. The molecule has 1 aromatic rings. The van der Waals surface area contributed by atoms with Crippen LogP contribution in [0.1, 0.15) is 31.2 Å². The van der Waals surface area contributed by atoms with E-state index in [2.05, 4.69) is 11.9 Å². The van der Waals surface area contributed by atoms with Crippen molar-refractivity contribution in [1.82, 2.24) is 4.90 Å². The molecular formula is C15H20FNO. The second-order valence-corrected chi connectivity index (χ2v) is 5.13. The van der Waals surface area contributed by atoms with Crippen molar-refractivity contribution in [3.05, 3.63) is 35.6 Å². The van der Waals surface area contributed by atoms with Crippen molar-refractivity contribution >= 4 is 5.78 Å². The summed E-state index contributed by atoms with van der Waals surface area (Å²) in [6, 6.07) is 7.23. The molecule has 0 saturated heterocycles. The van der Waals surface area contributed by atoms with Gasteiger partial charge < -0.3 is 4.90 Å². The molecule has 1 aliphatic carbocycles. The lowest BCUT2D eigenvalue weighted by molar-refractivity contribution is -0.121. The molecule has 0 amide bonds. The standard InChI is InChI=1S/C15H20FNO/c1-17(14-6-8-15(18)9-7-14)11-10-12-2-4-13(16)5-3-12/h2-5,14H,6-11H2,1H3. The predicted octanol–water partition coefficient (Wildman–Crippen LogP) is 2.81. The Kier molecular flexibility index (Phi) is 4.48. The van der Waals surface area contributed by atoms with Crippen LogP contribution in [0.4, 0.5) is 4.39 Å². The average molecular weight is 249 g/mol. The van der Waals surface area contributed by atoms with Gasteiger partial charge >= 0.3 is 0 Å². The van der Waals surface area contributed by atoms with Crippen LogP contribution in [-0.2, 0) is 11.2 Å². The molecule has 1 aromatic carbocycles. The lowest BCUT2D eigenvalue weighted by Crippen LogP contribution is -2.36. The molecule has 0 heterocycles. The van der Waals surface area contributed by atoms with E-state index in [9.17, 15) is 9.18 Å². The van der Waals surface area contributed by atoms with Crippen LogP contribution in [0, 0.1) is 5.82 Å². The first kappa shape index (κ1) is 13.2. The lowest BCUT2D eigenvalue weighted by Gasteiger charge is -2.30. The van der Waals surface area contributed by atoms with Gasteiger partial charge in [-0.05, 0) is 44.0 Å². The van der Waals surface area contributed by atoms with Gasteiger partial charge in [-0.25, -0.2) is 4.39 Å². The first-order valence-electron chi connectivity index (χ1n) is 6.61. The minimum absolute atomic E-state index is 0.183. The summed E-state index contributed by atoms with van der Waals surface area (Å²) in [4.78, 5) is 13.5. The Balaban J connectivity index is 1.79. The fourth-order valence-corrected chi connectivity index (χ4v) is 2.50. The molecule has 1 saturated carbocycles. The number of nitrogens with zero attached hydrogens (tertiary/aromatic N) is 1. The Morgan fingerprint density at radius 3 is 2.44 bits per heavy atom. The van der Waals surface area contributed by atoms with Gasteiger partial charge in [0.15, 0.2) is 0 Å². The first-order chi connectivity index (χ1) is 8.65. The molecule has 0 radical (unpaired) electrons. The Morgan fingerprint density at radius 2 is 1.83 bits per heavy atom. The van der Waals surface area contributed by atoms with Crippen LogP contribution in [0.2, 0.25) is 0 Å². The van der Waals surface area contributed by atoms with Gasteiger partial charge in [0.1, 0.15) is 11.6 Å². The third-order valence-electron chi connectivity index (χ3n) is 3.80. The van der Waals surface area contributed by atoms with E-state index in [1.54, 1.807) is 0 Å². The van der Waals surface area contributed by atoms with Gasteiger partial charge in [0.05, 0.1) is 0 Å². The highest BCUT2D eigenvalue weighted by Crippen LogP contribution is 2.19. The summed E-state index contributed by atoms with van der Waals surface area (Å²) in [7, 11) is 2.12. The van der Waals surface area contributed by atoms with Gasteiger partial charge in [0.25, 0.3) is 0 Å². The van der Waals surface area contributed by atoms with Gasteiger partial charge in [-0.15, -0.1) is 0 Å². The van der Waals surface area contributed by atoms with Crippen LogP contribution in [-0.4, -0.2) is 30.3 Å². The number of hydrogen-bond acceptors (Lipinski definition) is 2. The summed E-state index contributed by atoms with van der Waals surface area (Å²) in [6.45, 7) is 0.963. The van der Waals surface area contributed by atoms with E-state index >= 15 is 0 Å². The molecule has 98 valence electrons. The molecule has 0 unspecified atom stereocenters. The maximum absolute atomic E-state index is 12.8. The number of ketones is 1. The molecular weight excluding hydrogens is 229 g/mol. The zero-order chi connectivity index (χ0) is 13.0. The average Bonchev–Trinajstić information content (AvgIpc) is 2.38. The Hall–Kier alpha value is -1.22. The molecule has 0 bridgehead atoms. The molecule has 2 rings (SSSR count). The number of rotatable bonds is 4. The number of likely N-dealkylation sites (N-methyl/N-ethyl adjacent to an activating group) is 1. The van der Waals surface area contributed by atoms with Crippen molar-refractivity contribution < 1.29 is 9.18 Å². The summed E-state index contributed by atoms with van der Waals surface area (Å²) in [5.41, 5.74) is 1.16. The monoisotopic (exact) mass is 249 g/mol. The molecule has 0 spiro atoms. The smallest absolute Gasteiger partial charge is 0.133 e. The lowest BCUT2D eigenvalue weighted by atomic mass is 9.93. The summed E-state index contributed by atoms with van der Waals surface area (Å²) < 4.78 is 12.8. The van der Waals surface area contributed by atoms with Crippen molar-refractivity contribution in [3.8, 4) is 0 Å². The second kappa shape index (κ2) is 6.10. The summed E-state index contributed by atoms with van der Waals surface area (Å²) in [5, 5.41) is 0. The van der Waals surface area contributed by atoms with Crippen LogP contribution < -0.4 is 0 Å². The molecule has 0 N–H and O–H groups in total. The maximum Gasteiger partial charge on any atom is 0.133 e. The van der Waals surface area contributed by atoms with Gasteiger partial charge in [0.2, 0.25) is 0 Å². The SMILES string of the molecule is CN(CCc1ccc(F)cc1)C1CCC(=O)CC1. The highest BCUT2D eigenvalue weighted by atomic mass is 19.1. The minimum Gasteiger partial charge on any atom is -0.303 e. The third-order valence-corrected chi connectivity index (χ3v) is 3.80. The number of hydrogen-bond donors (Lipinski definition) is 0. The molecule has 0 aromatic heterocycles. The van der Waals surface area contributed by atoms with Crippen LogP contribution in [0.3, 0.4) is 0 Å². The topological polar surface area (TPSA) is 20.3 Å². The third kappa shape index (κ3) is 3.64. The van der Waals surface area contributed by atoms with E-state index in [-0.39, 0.29) is 5.82 Å². The van der Waals surface area contributed by atoms with Crippen molar-refractivity contribution in [2.75, 3.05) is 13.6 Å². The highest BCUT2D eigenvalue weighted by molar-refractivity contribution is 5.79. The van der Waals surface area contributed by atoms with E-state index in [1.807, 2.05) is 12.1 Å². The first-order valence-corrected chi connectivity index (χ1v) is 6.61. The van der Waals surface area contributed by atoms with E-state index < -0.39 is 0 Å². The van der Waals surface area contributed by atoms with E-state index in [1.165, 1.54) is 12.1 Å². The van der Waals surface area contributed by atoms with Crippen LogP contribution in [0.15, 0.2) is 24.3 Å². The summed E-state index contributed by atoms with van der Waals surface area (Å²) in [6.07, 6.45) is 4.36. The zero-order valence-electron chi connectivity index (χ0n) is 10.9. The number of benzene rings is 1. The molecule has 1 aliphatic rings. The molecule has 18 heavy (non-hydrogen) atoms. The van der Waals surface area contributed by atoms with Gasteiger partial charge in [-0.2, -0.15) is 0 Å². The Bertz CT molecular complexity index is 391. The number of Topliss-reactive ketones (excluding diaryl/α,β-unsaturated/α-hetero) is 1. The van der Waals surface area contributed by atoms with Crippen molar-refractivity contribution in [2.45, 2.75) is 38.1 Å². The molecule has 3 heteroatoms. The van der Waals surface area contributed by atoms with E-state index in [0.717, 1.165) is 44.2 Å². The van der Waals surface area contributed by atoms with E-state index in [4.69, 9.17) is 0 Å². The number of halogens is 1. The summed E-state index contributed by atoms with van der Waals surface area (Å²) in [5.74, 6) is 0.219. The normalized spacial score (nSPS) is 17.4. The Labute approximate surface area is 108 Å². The molecule has 0 aliphatic heterocycles. The van der Waals surface area contributed by atoms with Gasteiger partial charge in [0, 0.05) is 25.4 Å². The number of carbonyl (C=O) groups is 1. The van der Waals surface area contributed by atoms with Crippen molar-refractivity contribution in [2.24, 2.45) is 0 Å². The maximum atomic E-state index is 12.8. The van der Waals surface area contributed by atoms with Crippen LogP contribution >= 0.6 is 0 Å². The van der Waals surface area contributed by atoms with Crippen LogP contribution in [0.25, 0.3) is 0 Å². The summed E-state index contributed by atoms with van der Waals surface area (Å²) >= 11 is 0. The van der Waals surface area contributed by atoms with Gasteiger partial charge in [-0.3, -0.25) is 4.79 Å². The van der Waals surface area contributed by atoms with E-state index in [0.29, 0.717) is 11.8 Å². The van der Waals surface area contributed by atoms with Crippen molar-refractivity contribution in [3.63, 3.8) is 0 Å². The molecule has 2 nitrogen and oxygen atoms in total. The molecule has 1 fully saturated rings. The predicted molar refractivity (Wildman–Crippen MR) is 70.0 cm³/mol. The fourth-order valence-electron chi connectivity index (χ4n) is 2.50. The zero-order valence-corrected chi connectivity index (χ0v) is 10.9. The quantitative estimate of drug-likeness (QED) is 0.818. The minimum atomic E-state index is -0.183. The molecule has 0 atom stereocenters. The Morgan fingerprint density at radius 1 is 1.22 bits per heavy atom. The van der Waals surface area contributed by atoms with Crippen molar-refractivity contribution in [1.29, 1.82) is 0 Å². The van der Waals surface area contributed by atoms with Crippen LogP contribution in [0.5, 0.6) is 0 Å². The second-order valence-electron chi connectivity index (χ2n) is 5.13. The highest BCUT2D eigenvalue weighted by Gasteiger charge is 2.21. The number of carbonyl (C=O) groups excluding carboxylic acids is 1. The van der Waals surface area contributed by atoms with Gasteiger partial charge in [-0.1, -0.05) is 12.1 Å².